The van der Waals surface area contributed by atoms with Gasteiger partial charge in [0, 0.05) is 20.9 Å². The summed E-state index contributed by atoms with van der Waals surface area (Å²) in [6.07, 6.45) is 0. The zero-order chi connectivity index (χ0) is 19.1. The van der Waals surface area contributed by atoms with Gasteiger partial charge in [-0.05, 0) is 29.1 Å². The third-order valence-electron chi connectivity index (χ3n) is 3.97. The van der Waals surface area contributed by atoms with Crippen LogP contribution in [0.5, 0.6) is 0 Å². The fourth-order valence-corrected chi connectivity index (χ4v) is 6.02. The van der Waals surface area contributed by atoms with Crippen molar-refractivity contribution in [2.45, 2.75) is 10.1 Å². The quantitative estimate of drug-likeness (QED) is 0.555. The Labute approximate surface area is 171 Å². The topological polar surface area (TPSA) is 83.5 Å². The molecule has 0 aliphatic carbocycles. The number of hydrogen-bond acceptors (Lipinski definition) is 6. The molecular weight excluding hydrogens is 426 g/mol. The van der Waals surface area contributed by atoms with Crippen molar-refractivity contribution in [1.29, 1.82) is 0 Å². The molecule has 136 valence electrons. The third-order valence-corrected chi connectivity index (χ3v) is 7.43. The summed E-state index contributed by atoms with van der Waals surface area (Å²) in [6.45, 7) is 0. The molecule has 1 unspecified atom stereocenters. The Morgan fingerprint density at radius 3 is 2.52 bits per heavy atom. The SMILES string of the molecule is O=C(O)c1c(-c2ccc(Cl)cc2)csc1NC(=O)C1Sc2ccsc2C1=O. The van der Waals surface area contributed by atoms with E-state index in [4.69, 9.17) is 11.6 Å². The van der Waals surface area contributed by atoms with Crippen LogP contribution in [0.25, 0.3) is 11.1 Å². The highest BCUT2D eigenvalue weighted by atomic mass is 35.5. The van der Waals surface area contributed by atoms with Gasteiger partial charge in [-0.25, -0.2) is 4.79 Å². The third kappa shape index (κ3) is 3.29. The highest BCUT2D eigenvalue weighted by molar-refractivity contribution is 8.02. The number of Topliss-reactive ketones (excluding diaryl/α,β-unsaturated/α-hetero) is 1. The number of thiophene rings is 2. The van der Waals surface area contributed by atoms with Crippen LogP contribution in [-0.4, -0.2) is 28.0 Å². The smallest absolute Gasteiger partial charge is 0.339 e. The van der Waals surface area contributed by atoms with Crippen molar-refractivity contribution in [3.63, 3.8) is 0 Å². The van der Waals surface area contributed by atoms with Gasteiger partial charge < -0.3 is 10.4 Å². The molecule has 1 aliphatic rings. The van der Waals surface area contributed by atoms with Gasteiger partial charge >= 0.3 is 5.97 Å². The molecule has 3 aromatic rings. The Balaban J connectivity index is 1.62. The van der Waals surface area contributed by atoms with E-state index in [1.165, 1.54) is 23.1 Å². The number of fused-ring (bicyclic) bond motifs is 1. The molecule has 0 bridgehead atoms. The van der Waals surface area contributed by atoms with Crippen LogP contribution in [0.3, 0.4) is 0 Å². The Kier molecular flexibility index (Phi) is 4.81. The molecule has 0 saturated heterocycles. The summed E-state index contributed by atoms with van der Waals surface area (Å²) in [6, 6.07) is 8.59. The number of ketones is 1. The lowest BCUT2D eigenvalue weighted by Crippen LogP contribution is -2.29. The molecule has 0 saturated carbocycles. The minimum Gasteiger partial charge on any atom is -0.478 e. The van der Waals surface area contributed by atoms with Gasteiger partial charge in [-0.15, -0.1) is 34.4 Å². The Morgan fingerprint density at radius 1 is 1.11 bits per heavy atom. The van der Waals surface area contributed by atoms with Crippen LogP contribution in [-0.2, 0) is 4.79 Å². The first-order chi connectivity index (χ1) is 13.0. The number of carboxylic acids is 1. The minimum atomic E-state index is -1.15. The molecule has 0 spiro atoms. The van der Waals surface area contributed by atoms with Crippen molar-refractivity contribution >= 4 is 68.7 Å². The largest absolute Gasteiger partial charge is 0.478 e. The average molecular weight is 436 g/mol. The van der Waals surface area contributed by atoms with Gasteiger partial charge in [-0.1, -0.05) is 23.7 Å². The average Bonchev–Trinajstić information content (AvgIpc) is 3.32. The fraction of sp³-hybridized carbons (Fsp3) is 0.0556. The van der Waals surface area contributed by atoms with Gasteiger partial charge in [0.25, 0.3) is 0 Å². The Hall–Kier alpha value is -2.13. The van der Waals surface area contributed by atoms with Crippen molar-refractivity contribution < 1.29 is 19.5 Å². The number of carbonyl (C=O) groups is 3. The second-order valence-electron chi connectivity index (χ2n) is 5.63. The first-order valence-corrected chi connectivity index (χ1v) is 10.7. The van der Waals surface area contributed by atoms with E-state index < -0.39 is 17.1 Å². The van der Waals surface area contributed by atoms with Crippen LogP contribution in [0.4, 0.5) is 5.00 Å². The van der Waals surface area contributed by atoms with E-state index in [0.29, 0.717) is 21.0 Å². The molecule has 27 heavy (non-hydrogen) atoms. The molecule has 9 heteroatoms. The van der Waals surface area contributed by atoms with Gasteiger partial charge in [0.2, 0.25) is 5.91 Å². The van der Waals surface area contributed by atoms with Crippen LogP contribution in [0.1, 0.15) is 20.0 Å². The van der Waals surface area contributed by atoms with E-state index in [-0.39, 0.29) is 16.3 Å². The number of hydrogen-bond donors (Lipinski definition) is 2. The van der Waals surface area contributed by atoms with E-state index in [2.05, 4.69) is 5.32 Å². The Bertz CT molecular complexity index is 1070. The maximum absolute atomic E-state index is 12.6. The number of thioether (sulfide) groups is 1. The van der Waals surface area contributed by atoms with Gasteiger partial charge in [-0.3, -0.25) is 9.59 Å². The van der Waals surface area contributed by atoms with Crippen molar-refractivity contribution in [3.8, 4) is 11.1 Å². The number of rotatable bonds is 4. The van der Waals surface area contributed by atoms with Gasteiger partial charge in [0.15, 0.2) is 11.0 Å². The number of nitrogens with one attached hydrogen (secondary N) is 1. The van der Waals surface area contributed by atoms with Crippen molar-refractivity contribution in [2.24, 2.45) is 0 Å². The molecule has 1 amide bonds. The molecule has 0 radical (unpaired) electrons. The summed E-state index contributed by atoms with van der Waals surface area (Å²) in [7, 11) is 0. The van der Waals surface area contributed by atoms with Crippen molar-refractivity contribution in [2.75, 3.05) is 5.32 Å². The molecule has 1 atom stereocenters. The lowest BCUT2D eigenvalue weighted by molar-refractivity contribution is -0.114. The fourth-order valence-electron chi connectivity index (χ4n) is 2.72. The molecule has 0 fully saturated rings. The van der Waals surface area contributed by atoms with E-state index in [0.717, 1.165) is 16.2 Å². The van der Waals surface area contributed by atoms with E-state index >= 15 is 0 Å². The predicted octanol–water partition coefficient (Wildman–Crippen LogP) is 5.12. The van der Waals surface area contributed by atoms with Crippen LogP contribution in [0, 0.1) is 0 Å². The molecule has 4 rings (SSSR count). The number of aromatic carboxylic acids is 1. The van der Waals surface area contributed by atoms with Crippen LogP contribution < -0.4 is 5.32 Å². The molecule has 5 nitrogen and oxygen atoms in total. The lowest BCUT2D eigenvalue weighted by Gasteiger charge is -2.09. The maximum atomic E-state index is 12.6. The lowest BCUT2D eigenvalue weighted by atomic mass is 10.0. The molecule has 2 aromatic heterocycles. The first-order valence-electron chi connectivity index (χ1n) is 7.65. The van der Waals surface area contributed by atoms with Crippen LogP contribution in [0.2, 0.25) is 5.02 Å². The number of benzene rings is 1. The molecule has 1 aromatic carbocycles. The molecule has 2 N–H and O–H groups in total. The maximum Gasteiger partial charge on any atom is 0.339 e. The van der Waals surface area contributed by atoms with E-state index in [1.807, 2.05) is 11.4 Å². The van der Waals surface area contributed by atoms with E-state index in [9.17, 15) is 19.5 Å². The molecule has 1 aliphatic heterocycles. The first kappa shape index (κ1) is 18.2. The standard InChI is InChI=1S/C18H10ClNO4S3/c19-9-3-1-8(2-4-9)10-7-26-17(12(10)18(23)24)20-16(22)15-13(21)14-11(27-15)5-6-25-14/h1-7,15H,(H,20,22)(H,23,24). The normalized spacial score (nSPS) is 15.6. The van der Waals surface area contributed by atoms with Gasteiger partial charge in [0.1, 0.15) is 10.6 Å². The second-order valence-corrected chi connectivity index (χ2v) is 9.01. The number of carboxylic acid groups (broad SMARTS) is 1. The monoisotopic (exact) mass is 435 g/mol. The summed E-state index contributed by atoms with van der Waals surface area (Å²) < 4.78 is 0. The van der Waals surface area contributed by atoms with Crippen molar-refractivity contribution in [1.82, 2.24) is 0 Å². The summed E-state index contributed by atoms with van der Waals surface area (Å²) in [5, 5.41) is 15.6. The highest BCUT2D eigenvalue weighted by Crippen LogP contribution is 2.41. The molecule has 3 heterocycles. The number of halogens is 1. The summed E-state index contributed by atoms with van der Waals surface area (Å²) in [5.74, 6) is -1.91. The molecular formula is C18H10ClNO4S3. The van der Waals surface area contributed by atoms with E-state index in [1.54, 1.807) is 29.6 Å². The summed E-state index contributed by atoms with van der Waals surface area (Å²) in [5.41, 5.74) is 1.17. The number of carbonyl (C=O) groups excluding carboxylic acids is 2. The highest BCUT2D eigenvalue weighted by Gasteiger charge is 2.38. The zero-order valence-electron chi connectivity index (χ0n) is 13.4. The summed E-state index contributed by atoms with van der Waals surface area (Å²) in [4.78, 5) is 38.1. The second kappa shape index (κ2) is 7.12. The summed E-state index contributed by atoms with van der Waals surface area (Å²) >= 11 is 9.50. The predicted molar refractivity (Wildman–Crippen MR) is 109 cm³/mol. The van der Waals surface area contributed by atoms with Crippen LogP contribution in [0.15, 0.2) is 46.0 Å². The zero-order valence-corrected chi connectivity index (χ0v) is 16.6. The Morgan fingerprint density at radius 2 is 1.85 bits per heavy atom. The number of amides is 1. The van der Waals surface area contributed by atoms with Gasteiger partial charge in [0.05, 0.1) is 4.88 Å². The van der Waals surface area contributed by atoms with Crippen molar-refractivity contribution in [3.05, 3.63) is 56.6 Å². The minimum absolute atomic E-state index is 0.000824. The van der Waals surface area contributed by atoms with Crippen LogP contribution >= 0.6 is 46.0 Å². The van der Waals surface area contributed by atoms with Gasteiger partial charge in [-0.2, -0.15) is 0 Å². The number of anilines is 1.